The van der Waals surface area contributed by atoms with Gasteiger partial charge in [-0.15, -0.1) is 11.3 Å². The number of piperidine rings is 1. The van der Waals surface area contributed by atoms with Crippen LogP contribution >= 0.6 is 22.9 Å². The minimum Gasteiger partial charge on any atom is -0.361 e. The second kappa shape index (κ2) is 10.3. The van der Waals surface area contributed by atoms with Crippen molar-refractivity contribution in [2.24, 2.45) is 0 Å². The number of H-pyrrole nitrogens is 1. The third kappa shape index (κ3) is 5.10. The Morgan fingerprint density at radius 1 is 1.19 bits per heavy atom. The molecule has 1 N–H and O–H groups in total. The number of aromatic nitrogens is 4. The standard InChI is InChI=1S/C25H32ClN5O3SSi/c1-36(2,3)13-12-34-16-30-24(32)19-14-28-23-18(9-10-27-23)22(19)31(25(30)33)21-6-4-5-11-29(21)15-17-7-8-20(26)35-17/h7-10,14,21H,4-6,11-13,15-16H2,1-3H3,(H,27,28). The maximum atomic E-state index is 14.0. The summed E-state index contributed by atoms with van der Waals surface area (Å²) >= 11 is 7.76. The number of pyridine rings is 1. The monoisotopic (exact) mass is 545 g/mol. The summed E-state index contributed by atoms with van der Waals surface area (Å²) in [4.78, 5) is 38.6. The highest BCUT2D eigenvalue weighted by atomic mass is 35.5. The SMILES string of the molecule is C[Si](C)(C)CCOCn1c(=O)c2cnc3[nH]ccc3c2n(C2CCCCN2Cc2ccc(Cl)s2)c1=O. The first-order valence-electron chi connectivity index (χ1n) is 12.4. The highest BCUT2D eigenvalue weighted by Crippen LogP contribution is 2.32. The van der Waals surface area contributed by atoms with Crippen molar-refractivity contribution in [3.8, 4) is 0 Å². The molecule has 1 atom stereocenters. The summed E-state index contributed by atoms with van der Waals surface area (Å²) in [6, 6.07) is 6.81. The van der Waals surface area contributed by atoms with Crippen LogP contribution in [0.5, 0.6) is 0 Å². The fourth-order valence-electron chi connectivity index (χ4n) is 4.88. The minimum absolute atomic E-state index is 0.0590. The second-order valence-electron chi connectivity index (χ2n) is 10.6. The number of thiophene rings is 1. The zero-order valence-electron chi connectivity index (χ0n) is 20.9. The molecule has 1 saturated heterocycles. The van der Waals surface area contributed by atoms with E-state index in [4.69, 9.17) is 16.3 Å². The Bertz CT molecular complexity index is 1500. The summed E-state index contributed by atoms with van der Waals surface area (Å²) < 4.78 is 9.68. The maximum Gasteiger partial charge on any atom is 0.334 e. The fourth-order valence-corrected chi connectivity index (χ4v) is 6.75. The van der Waals surface area contributed by atoms with E-state index in [1.807, 2.05) is 22.8 Å². The van der Waals surface area contributed by atoms with Gasteiger partial charge in [-0.25, -0.2) is 14.3 Å². The Labute approximate surface area is 219 Å². The van der Waals surface area contributed by atoms with Gasteiger partial charge in [-0.1, -0.05) is 31.2 Å². The molecule has 8 nitrogen and oxygen atoms in total. The lowest BCUT2D eigenvalue weighted by Crippen LogP contribution is -2.47. The maximum absolute atomic E-state index is 14.0. The molecule has 4 aromatic rings. The van der Waals surface area contributed by atoms with E-state index in [9.17, 15) is 9.59 Å². The minimum atomic E-state index is -1.30. The van der Waals surface area contributed by atoms with E-state index in [-0.39, 0.29) is 24.1 Å². The van der Waals surface area contributed by atoms with E-state index in [0.29, 0.717) is 29.7 Å². The van der Waals surface area contributed by atoms with Crippen molar-refractivity contribution in [1.82, 2.24) is 24.0 Å². The van der Waals surface area contributed by atoms with Crippen molar-refractivity contribution >= 4 is 52.9 Å². The number of hydrogen-bond acceptors (Lipinski definition) is 6. The molecule has 4 aromatic heterocycles. The normalized spacial score (nSPS) is 17.4. The van der Waals surface area contributed by atoms with Crippen molar-refractivity contribution in [3.63, 3.8) is 0 Å². The number of likely N-dealkylation sites (tertiary alicyclic amines) is 1. The van der Waals surface area contributed by atoms with Crippen LogP contribution < -0.4 is 11.2 Å². The first-order valence-corrected chi connectivity index (χ1v) is 17.3. The summed E-state index contributed by atoms with van der Waals surface area (Å²) in [5.74, 6) is 0. The highest BCUT2D eigenvalue weighted by molar-refractivity contribution is 7.16. The summed E-state index contributed by atoms with van der Waals surface area (Å²) in [6.07, 6.45) is 6.07. The third-order valence-electron chi connectivity index (χ3n) is 6.79. The third-order valence-corrected chi connectivity index (χ3v) is 9.71. The van der Waals surface area contributed by atoms with Gasteiger partial charge in [0, 0.05) is 50.4 Å². The first kappa shape index (κ1) is 25.4. The van der Waals surface area contributed by atoms with Crippen LogP contribution in [-0.2, 0) is 18.0 Å². The molecule has 1 unspecified atom stereocenters. The lowest BCUT2D eigenvalue weighted by Gasteiger charge is -2.37. The number of halogens is 1. The van der Waals surface area contributed by atoms with Gasteiger partial charge in [0.1, 0.15) is 12.4 Å². The molecule has 36 heavy (non-hydrogen) atoms. The Hall–Kier alpha value is -2.24. The molecule has 1 aliphatic rings. The van der Waals surface area contributed by atoms with Gasteiger partial charge < -0.3 is 9.72 Å². The van der Waals surface area contributed by atoms with Gasteiger partial charge in [-0.05, 0) is 43.5 Å². The van der Waals surface area contributed by atoms with Crippen molar-refractivity contribution in [2.75, 3.05) is 13.2 Å². The highest BCUT2D eigenvalue weighted by Gasteiger charge is 2.29. The Morgan fingerprint density at radius 2 is 2.03 bits per heavy atom. The summed E-state index contributed by atoms with van der Waals surface area (Å²) in [5, 5.41) is 1.21. The Kier molecular flexibility index (Phi) is 7.24. The number of nitrogens with one attached hydrogen (secondary N) is 1. The predicted octanol–water partition coefficient (Wildman–Crippen LogP) is 5.25. The molecule has 0 amide bonds. The van der Waals surface area contributed by atoms with E-state index < -0.39 is 8.07 Å². The molecule has 1 fully saturated rings. The van der Waals surface area contributed by atoms with Gasteiger partial charge in [0.25, 0.3) is 5.56 Å². The smallest absolute Gasteiger partial charge is 0.334 e. The number of rotatable bonds is 8. The summed E-state index contributed by atoms with van der Waals surface area (Å²) in [6.45, 7) is 8.86. The lowest BCUT2D eigenvalue weighted by molar-refractivity contribution is 0.0678. The van der Waals surface area contributed by atoms with Crippen molar-refractivity contribution < 1.29 is 4.74 Å². The molecule has 5 rings (SSSR count). The average molecular weight is 546 g/mol. The van der Waals surface area contributed by atoms with Crippen LogP contribution in [0.4, 0.5) is 0 Å². The first-order chi connectivity index (χ1) is 17.2. The van der Waals surface area contributed by atoms with Crippen molar-refractivity contribution in [3.05, 3.63) is 60.6 Å². The molecule has 0 aromatic carbocycles. The van der Waals surface area contributed by atoms with Gasteiger partial charge in [0.2, 0.25) is 0 Å². The Balaban J connectivity index is 1.62. The fraction of sp³-hybridized carbons (Fsp3) is 0.480. The van der Waals surface area contributed by atoms with Gasteiger partial charge >= 0.3 is 5.69 Å². The van der Waals surface area contributed by atoms with Crippen LogP contribution in [0.3, 0.4) is 0 Å². The quantitative estimate of drug-likeness (QED) is 0.241. The second-order valence-corrected chi connectivity index (χ2v) is 18.1. The molecular weight excluding hydrogens is 514 g/mol. The van der Waals surface area contributed by atoms with Crippen LogP contribution in [0.1, 0.15) is 30.3 Å². The molecule has 1 aliphatic heterocycles. The van der Waals surface area contributed by atoms with Crippen LogP contribution in [0, 0.1) is 0 Å². The largest absolute Gasteiger partial charge is 0.361 e. The van der Waals surface area contributed by atoms with Gasteiger partial charge in [-0.2, -0.15) is 0 Å². The van der Waals surface area contributed by atoms with Gasteiger partial charge in [0.05, 0.1) is 21.4 Å². The lowest BCUT2D eigenvalue weighted by atomic mass is 10.1. The molecule has 5 heterocycles. The van der Waals surface area contributed by atoms with E-state index in [1.165, 1.54) is 4.57 Å². The van der Waals surface area contributed by atoms with E-state index >= 15 is 0 Å². The van der Waals surface area contributed by atoms with E-state index in [1.54, 1.807) is 23.7 Å². The number of ether oxygens (including phenoxy) is 1. The van der Waals surface area contributed by atoms with Gasteiger partial charge in [0.15, 0.2) is 0 Å². The zero-order valence-corrected chi connectivity index (χ0v) is 23.5. The van der Waals surface area contributed by atoms with E-state index in [0.717, 1.165) is 46.5 Å². The van der Waals surface area contributed by atoms with Gasteiger partial charge in [-0.3, -0.25) is 14.3 Å². The van der Waals surface area contributed by atoms with Crippen LogP contribution in [0.25, 0.3) is 21.9 Å². The number of aromatic amines is 1. The molecule has 0 aliphatic carbocycles. The predicted molar refractivity (Wildman–Crippen MR) is 149 cm³/mol. The summed E-state index contributed by atoms with van der Waals surface area (Å²) in [7, 11) is -1.30. The Morgan fingerprint density at radius 3 is 2.78 bits per heavy atom. The topological polar surface area (TPSA) is 85.2 Å². The number of fused-ring (bicyclic) bond motifs is 3. The van der Waals surface area contributed by atoms with Crippen LogP contribution in [0.2, 0.25) is 30.0 Å². The van der Waals surface area contributed by atoms with Crippen molar-refractivity contribution in [1.29, 1.82) is 0 Å². The summed E-state index contributed by atoms with van der Waals surface area (Å²) in [5.41, 5.74) is 0.597. The molecule has 192 valence electrons. The van der Waals surface area contributed by atoms with Crippen molar-refractivity contribution in [2.45, 2.75) is 64.4 Å². The molecular formula is C25H32ClN5O3SSi. The van der Waals surface area contributed by atoms with Crippen LogP contribution in [0.15, 0.2) is 40.2 Å². The molecule has 0 saturated carbocycles. The zero-order chi connectivity index (χ0) is 25.4. The molecule has 0 spiro atoms. The molecule has 0 bridgehead atoms. The van der Waals surface area contributed by atoms with E-state index in [2.05, 4.69) is 34.5 Å². The number of nitrogens with zero attached hydrogens (tertiary/aromatic N) is 4. The molecule has 0 radical (unpaired) electrons. The number of hydrogen-bond donors (Lipinski definition) is 1. The molecule has 11 heteroatoms. The van der Waals surface area contributed by atoms with Crippen LogP contribution in [-0.4, -0.2) is 45.2 Å². The average Bonchev–Trinajstić information content (AvgIpc) is 3.47.